The standard InChI is InChI=1S/C33H33N5O3S/c1-3-25(39)38-15-5-8-22(17-38)37-32(41)30-27-26-23(13-14-24(34)29(26)42-30)33(36,31(40)28(27)35)21-7-4-6-20(16-21)19-11-9-18(2)10-12-19/h3-4,6-7,9-14,16,22,28H,1,5,8,15,17,34-36H2,2H3,(H,37,41). The lowest BCUT2D eigenvalue weighted by Gasteiger charge is -2.37. The van der Waals surface area contributed by atoms with Crippen LogP contribution in [0.15, 0.2) is 73.3 Å². The van der Waals surface area contributed by atoms with Crippen LogP contribution in [0.25, 0.3) is 21.2 Å². The van der Waals surface area contributed by atoms with Gasteiger partial charge in [-0.2, -0.15) is 0 Å². The van der Waals surface area contributed by atoms with Gasteiger partial charge >= 0.3 is 0 Å². The van der Waals surface area contributed by atoms with Gasteiger partial charge in [0.25, 0.3) is 5.91 Å². The third-order valence-corrected chi connectivity index (χ3v) is 9.72. The second kappa shape index (κ2) is 10.5. The third-order valence-electron chi connectivity index (χ3n) is 8.47. The van der Waals surface area contributed by atoms with E-state index in [4.69, 9.17) is 17.2 Å². The predicted molar refractivity (Wildman–Crippen MR) is 167 cm³/mol. The summed E-state index contributed by atoms with van der Waals surface area (Å²) in [5.74, 6) is -0.903. The molecule has 9 heteroatoms. The Balaban J connectivity index is 1.43. The van der Waals surface area contributed by atoms with Crippen molar-refractivity contribution in [3.8, 4) is 11.1 Å². The molecular weight excluding hydrogens is 546 g/mol. The first-order valence-corrected chi connectivity index (χ1v) is 14.8. The molecule has 7 N–H and O–H groups in total. The molecule has 6 rings (SSSR count). The van der Waals surface area contributed by atoms with Gasteiger partial charge in [0, 0.05) is 35.8 Å². The molecule has 1 saturated heterocycles. The monoisotopic (exact) mass is 579 g/mol. The van der Waals surface area contributed by atoms with Crippen molar-refractivity contribution in [3.05, 3.63) is 100 Å². The number of carbonyl (C=O) groups is 3. The number of nitrogen functional groups attached to an aromatic ring is 1. The number of hydrogen-bond acceptors (Lipinski definition) is 7. The Morgan fingerprint density at radius 1 is 1.12 bits per heavy atom. The van der Waals surface area contributed by atoms with Gasteiger partial charge in [0.05, 0.1) is 15.6 Å². The maximum atomic E-state index is 14.2. The third kappa shape index (κ3) is 4.41. The molecule has 1 aromatic heterocycles. The van der Waals surface area contributed by atoms with Crippen LogP contribution in [-0.4, -0.2) is 41.6 Å². The molecule has 1 aliphatic heterocycles. The number of amides is 2. The summed E-state index contributed by atoms with van der Waals surface area (Å²) >= 11 is 1.22. The predicted octanol–water partition coefficient (Wildman–Crippen LogP) is 4.15. The van der Waals surface area contributed by atoms with Crippen LogP contribution in [-0.2, 0) is 15.1 Å². The number of aryl methyl sites for hydroxylation is 1. The van der Waals surface area contributed by atoms with Crippen LogP contribution < -0.4 is 22.5 Å². The van der Waals surface area contributed by atoms with Gasteiger partial charge in [-0.15, -0.1) is 11.3 Å². The van der Waals surface area contributed by atoms with Crippen molar-refractivity contribution in [2.24, 2.45) is 11.5 Å². The Labute approximate surface area is 248 Å². The van der Waals surface area contributed by atoms with Crippen molar-refractivity contribution < 1.29 is 14.4 Å². The van der Waals surface area contributed by atoms with Gasteiger partial charge in [-0.1, -0.05) is 60.7 Å². The average molecular weight is 580 g/mol. The van der Waals surface area contributed by atoms with Crippen LogP contribution in [0.2, 0.25) is 0 Å². The highest BCUT2D eigenvalue weighted by Crippen LogP contribution is 2.49. The summed E-state index contributed by atoms with van der Waals surface area (Å²) < 4.78 is 0.673. The van der Waals surface area contributed by atoms with E-state index < -0.39 is 17.4 Å². The SMILES string of the molecule is C=CC(=O)N1CCCC(NC(=O)c2sc3c(N)ccc4c3c2C(N)C(=O)C4(N)c2cccc(-c3ccc(C)cc3)c2)C1. The fourth-order valence-electron chi connectivity index (χ4n) is 6.21. The molecule has 0 saturated carbocycles. The first-order valence-electron chi connectivity index (χ1n) is 14.0. The number of nitrogens with zero attached hydrogens (tertiary/aromatic N) is 1. The lowest BCUT2D eigenvalue weighted by atomic mass is 9.70. The van der Waals surface area contributed by atoms with Gasteiger partial charge in [0.15, 0.2) is 5.78 Å². The van der Waals surface area contributed by atoms with E-state index in [1.54, 1.807) is 17.0 Å². The molecule has 2 heterocycles. The number of hydrogen-bond donors (Lipinski definition) is 4. The normalized spacial score (nSPS) is 21.8. The summed E-state index contributed by atoms with van der Waals surface area (Å²) in [6.07, 6.45) is 2.77. The van der Waals surface area contributed by atoms with E-state index in [1.807, 2.05) is 55.5 Å². The zero-order valence-electron chi connectivity index (χ0n) is 23.4. The number of carbonyl (C=O) groups excluding carboxylic acids is 3. The summed E-state index contributed by atoms with van der Waals surface area (Å²) in [6, 6.07) is 17.9. The number of piperidine rings is 1. The molecular formula is C33H33N5O3S. The molecule has 1 aliphatic carbocycles. The summed E-state index contributed by atoms with van der Waals surface area (Å²) in [7, 11) is 0. The number of anilines is 1. The minimum atomic E-state index is -1.54. The van der Waals surface area contributed by atoms with Gasteiger partial charge in [0.2, 0.25) is 5.91 Å². The fourth-order valence-corrected chi connectivity index (χ4v) is 7.42. The average Bonchev–Trinajstić information content (AvgIpc) is 3.42. The lowest BCUT2D eigenvalue weighted by Crippen LogP contribution is -2.53. The molecule has 4 aromatic rings. The van der Waals surface area contributed by atoms with Crippen LogP contribution in [0.1, 0.15) is 50.8 Å². The second-order valence-corrected chi connectivity index (χ2v) is 12.2. The summed E-state index contributed by atoms with van der Waals surface area (Å²) in [6.45, 7) is 6.61. The molecule has 42 heavy (non-hydrogen) atoms. The quantitative estimate of drug-likeness (QED) is 0.207. The van der Waals surface area contributed by atoms with Gasteiger partial charge < -0.3 is 27.4 Å². The Bertz CT molecular complexity index is 1760. The van der Waals surface area contributed by atoms with Gasteiger partial charge in [-0.25, -0.2) is 0 Å². The maximum absolute atomic E-state index is 14.2. The van der Waals surface area contributed by atoms with Crippen LogP contribution >= 0.6 is 11.3 Å². The Morgan fingerprint density at radius 3 is 2.62 bits per heavy atom. The topological polar surface area (TPSA) is 145 Å². The number of thiophene rings is 1. The first kappa shape index (κ1) is 27.8. The molecule has 0 spiro atoms. The molecule has 2 amide bonds. The fraction of sp³-hybridized carbons (Fsp3) is 0.242. The van der Waals surface area contributed by atoms with Crippen LogP contribution in [0.5, 0.6) is 0 Å². The second-order valence-electron chi connectivity index (χ2n) is 11.1. The Hall–Kier alpha value is -4.31. The van der Waals surface area contributed by atoms with E-state index in [0.717, 1.165) is 29.5 Å². The highest BCUT2D eigenvalue weighted by atomic mass is 32.1. The highest BCUT2D eigenvalue weighted by molar-refractivity contribution is 7.21. The zero-order valence-corrected chi connectivity index (χ0v) is 24.2. The summed E-state index contributed by atoms with van der Waals surface area (Å²) in [4.78, 5) is 42.1. The van der Waals surface area contributed by atoms with E-state index in [0.29, 0.717) is 50.4 Å². The maximum Gasteiger partial charge on any atom is 0.262 e. The van der Waals surface area contributed by atoms with E-state index in [-0.39, 0.29) is 17.9 Å². The van der Waals surface area contributed by atoms with E-state index >= 15 is 0 Å². The molecule has 3 atom stereocenters. The molecule has 3 unspecified atom stereocenters. The van der Waals surface area contributed by atoms with Crippen LogP contribution in [0.4, 0.5) is 5.69 Å². The molecule has 214 valence electrons. The largest absolute Gasteiger partial charge is 0.398 e. The lowest BCUT2D eigenvalue weighted by molar-refractivity contribution is -0.127. The number of benzene rings is 3. The van der Waals surface area contributed by atoms with E-state index in [9.17, 15) is 14.4 Å². The van der Waals surface area contributed by atoms with Crippen molar-refractivity contribution in [1.82, 2.24) is 10.2 Å². The van der Waals surface area contributed by atoms with Crippen LogP contribution in [0.3, 0.4) is 0 Å². The number of ketones is 1. The smallest absolute Gasteiger partial charge is 0.262 e. The van der Waals surface area contributed by atoms with Crippen molar-refractivity contribution in [2.45, 2.75) is 37.4 Å². The van der Waals surface area contributed by atoms with Crippen molar-refractivity contribution in [3.63, 3.8) is 0 Å². The number of rotatable bonds is 5. The van der Waals surface area contributed by atoms with Gasteiger partial charge in [-0.05, 0) is 60.2 Å². The first-order chi connectivity index (χ1) is 20.1. The summed E-state index contributed by atoms with van der Waals surface area (Å²) in [5.41, 5.74) is 23.8. The Morgan fingerprint density at radius 2 is 1.88 bits per heavy atom. The van der Waals surface area contributed by atoms with Gasteiger partial charge in [0.1, 0.15) is 5.54 Å². The van der Waals surface area contributed by atoms with Gasteiger partial charge in [-0.3, -0.25) is 14.4 Å². The molecule has 8 nitrogen and oxygen atoms in total. The minimum Gasteiger partial charge on any atom is -0.398 e. The van der Waals surface area contributed by atoms with Crippen molar-refractivity contribution in [1.29, 1.82) is 0 Å². The number of Topliss-reactive ketones (excluding diaryl/α,β-unsaturated/α-hetero) is 1. The molecule has 0 bridgehead atoms. The number of likely N-dealkylation sites (tertiary alicyclic amines) is 1. The number of nitrogens with two attached hydrogens (primary N) is 3. The van der Waals surface area contributed by atoms with E-state index in [2.05, 4.69) is 11.9 Å². The zero-order chi connectivity index (χ0) is 29.8. The molecule has 0 radical (unpaired) electrons. The molecule has 2 aliphatic rings. The minimum absolute atomic E-state index is 0.165. The highest BCUT2D eigenvalue weighted by Gasteiger charge is 2.49. The Kier molecular flexibility index (Phi) is 6.97. The molecule has 1 fully saturated rings. The number of nitrogens with one attached hydrogen (secondary N) is 1. The van der Waals surface area contributed by atoms with Crippen LogP contribution in [0, 0.1) is 6.92 Å². The summed E-state index contributed by atoms with van der Waals surface area (Å²) in [5, 5.41) is 3.72. The van der Waals surface area contributed by atoms with Crippen molar-refractivity contribution >= 4 is 44.7 Å². The van der Waals surface area contributed by atoms with Crippen molar-refractivity contribution in [2.75, 3.05) is 18.8 Å². The van der Waals surface area contributed by atoms with E-state index in [1.165, 1.54) is 17.4 Å². The molecule has 3 aromatic carbocycles.